The summed E-state index contributed by atoms with van der Waals surface area (Å²) < 4.78 is 1.05. The number of aromatic nitrogens is 1. The summed E-state index contributed by atoms with van der Waals surface area (Å²) in [6.07, 6.45) is 3.44. The first kappa shape index (κ1) is 11.6. The molecule has 0 fully saturated rings. The van der Waals surface area contributed by atoms with E-state index >= 15 is 0 Å². The number of carboxylic acids is 1. The zero-order valence-corrected chi connectivity index (χ0v) is 8.07. The molecule has 0 amide bonds. The Balaban J connectivity index is 2.98. The maximum atomic E-state index is 11.4. The van der Waals surface area contributed by atoms with Gasteiger partial charge in [-0.1, -0.05) is 6.08 Å². The van der Waals surface area contributed by atoms with Gasteiger partial charge in [0.15, 0.2) is 0 Å². The first-order valence-corrected chi connectivity index (χ1v) is 4.25. The molecule has 84 valence electrons. The lowest BCUT2D eigenvalue weighted by Gasteiger charge is -1.99. The van der Waals surface area contributed by atoms with E-state index in [-0.39, 0.29) is 6.54 Å². The Labute approximate surface area is 89.4 Å². The van der Waals surface area contributed by atoms with E-state index in [0.717, 1.165) is 16.7 Å². The normalized spacial score (nSPS) is 10.5. The van der Waals surface area contributed by atoms with Gasteiger partial charge in [0.1, 0.15) is 0 Å². The number of allylic oxidation sites excluding steroid dienone is 1. The van der Waals surface area contributed by atoms with Gasteiger partial charge in [-0.25, -0.2) is 4.79 Å². The quantitative estimate of drug-likeness (QED) is 0.453. The molecule has 0 saturated carbocycles. The number of carbonyl (C=O) groups is 1. The third-order valence-electron chi connectivity index (χ3n) is 1.76. The van der Waals surface area contributed by atoms with E-state index in [0.29, 0.717) is 0 Å². The van der Waals surface area contributed by atoms with Gasteiger partial charge in [0.25, 0.3) is 0 Å². The average molecular weight is 224 g/mol. The van der Waals surface area contributed by atoms with Crippen LogP contribution in [-0.4, -0.2) is 20.6 Å². The molecule has 0 aliphatic rings. The summed E-state index contributed by atoms with van der Waals surface area (Å²) in [6.45, 7) is -0.0210. The average Bonchev–Trinajstić information content (AvgIpc) is 2.19. The summed E-state index contributed by atoms with van der Waals surface area (Å²) in [4.78, 5) is 31.3. The Kier molecular flexibility index (Phi) is 3.54. The van der Waals surface area contributed by atoms with Gasteiger partial charge in [-0.15, -0.1) is 0 Å². The number of carboxylic acid groups (broad SMARTS) is 1. The fourth-order valence-corrected chi connectivity index (χ4v) is 1.07. The molecule has 0 spiro atoms. The largest absolute Gasteiger partial charge is 0.478 e. The monoisotopic (exact) mass is 224 g/mol. The molecular formula is C9H8N2O5. The second-order valence-corrected chi connectivity index (χ2v) is 2.85. The summed E-state index contributed by atoms with van der Waals surface area (Å²) >= 11 is 0. The lowest BCUT2D eigenvalue weighted by atomic mass is 10.4. The lowest BCUT2D eigenvalue weighted by molar-refractivity contribution is -0.386. The van der Waals surface area contributed by atoms with Crippen LogP contribution in [0.5, 0.6) is 0 Å². The zero-order chi connectivity index (χ0) is 12.1. The molecule has 1 heterocycles. The van der Waals surface area contributed by atoms with Crippen LogP contribution in [0.15, 0.2) is 35.3 Å². The molecule has 0 aliphatic carbocycles. The predicted octanol–water partition coefficient (Wildman–Crippen LogP) is 0.397. The van der Waals surface area contributed by atoms with E-state index in [2.05, 4.69) is 0 Å². The third kappa shape index (κ3) is 2.77. The number of pyridine rings is 1. The highest BCUT2D eigenvalue weighted by Crippen LogP contribution is 2.01. The molecule has 0 atom stereocenters. The van der Waals surface area contributed by atoms with Crippen LogP contribution in [0.25, 0.3) is 0 Å². The number of aliphatic carboxylic acids is 1. The van der Waals surface area contributed by atoms with Crippen LogP contribution in [0.4, 0.5) is 5.69 Å². The summed E-state index contributed by atoms with van der Waals surface area (Å²) in [6, 6.07) is 2.45. The number of hydrogen-bond donors (Lipinski definition) is 1. The van der Waals surface area contributed by atoms with Crippen molar-refractivity contribution in [1.82, 2.24) is 4.57 Å². The molecule has 0 radical (unpaired) electrons. The Morgan fingerprint density at radius 2 is 2.31 bits per heavy atom. The van der Waals surface area contributed by atoms with Crippen molar-refractivity contribution in [2.45, 2.75) is 6.54 Å². The van der Waals surface area contributed by atoms with Gasteiger partial charge < -0.3 is 9.67 Å². The molecule has 0 aromatic carbocycles. The Bertz CT molecular complexity index is 503. The smallest absolute Gasteiger partial charge is 0.334 e. The highest BCUT2D eigenvalue weighted by Gasteiger charge is 2.12. The van der Waals surface area contributed by atoms with E-state index in [1.54, 1.807) is 0 Å². The van der Waals surface area contributed by atoms with Crippen LogP contribution < -0.4 is 5.56 Å². The maximum absolute atomic E-state index is 11.4. The van der Waals surface area contributed by atoms with Gasteiger partial charge in [0.05, 0.1) is 4.92 Å². The van der Waals surface area contributed by atoms with E-state index in [1.807, 2.05) is 0 Å². The summed E-state index contributed by atoms with van der Waals surface area (Å²) in [5.41, 5.74) is -1.30. The zero-order valence-electron chi connectivity index (χ0n) is 8.07. The van der Waals surface area contributed by atoms with Crippen molar-refractivity contribution in [2.24, 2.45) is 0 Å². The predicted molar refractivity (Wildman–Crippen MR) is 54.1 cm³/mol. The minimum Gasteiger partial charge on any atom is -0.478 e. The number of rotatable bonds is 4. The van der Waals surface area contributed by atoms with Crippen LogP contribution in [0.2, 0.25) is 0 Å². The first-order chi connectivity index (χ1) is 7.52. The summed E-state index contributed by atoms with van der Waals surface area (Å²) in [5, 5.41) is 18.8. The van der Waals surface area contributed by atoms with Crippen LogP contribution in [0, 0.1) is 10.1 Å². The topological polar surface area (TPSA) is 102 Å². The van der Waals surface area contributed by atoms with Crippen LogP contribution in [0.1, 0.15) is 0 Å². The third-order valence-corrected chi connectivity index (χ3v) is 1.76. The molecule has 0 saturated heterocycles. The van der Waals surface area contributed by atoms with Crippen molar-refractivity contribution in [3.63, 3.8) is 0 Å². The number of nitrogens with zero attached hydrogens (tertiary/aromatic N) is 2. The summed E-state index contributed by atoms with van der Waals surface area (Å²) in [5.74, 6) is -1.14. The molecule has 1 N–H and O–H groups in total. The number of nitro groups is 1. The lowest BCUT2D eigenvalue weighted by Crippen LogP contribution is -2.21. The molecule has 16 heavy (non-hydrogen) atoms. The van der Waals surface area contributed by atoms with Crippen molar-refractivity contribution >= 4 is 11.7 Å². The molecule has 1 rings (SSSR count). The minimum absolute atomic E-state index is 0.0210. The maximum Gasteiger partial charge on any atom is 0.334 e. The second-order valence-electron chi connectivity index (χ2n) is 2.85. The molecular weight excluding hydrogens is 216 g/mol. The molecule has 7 heteroatoms. The van der Waals surface area contributed by atoms with E-state index in [4.69, 9.17) is 5.11 Å². The molecule has 1 aromatic rings. The Morgan fingerprint density at radius 3 is 2.88 bits per heavy atom. The van der Waals surface area contributed by atoms with Crippen LogP contribution in [-0.2, 0) is 11.3 Å². The van der Waals surface area contributed by atoms with E-state index in [1.165, 1.54) is 18.3 Å². The summed E-state index contributed by atoms with van der Waals surface area (Å²) in [7, 11) is 0. The molecule has 1 aromatic heterocycles. The van der Waals surface area contributed by atoms with Crippen molar-refractivity contribution in [3.05, 3.63) is 50.9 Å². The van der Waals surface area contributed by atoms with E-state index < -0.39 is 22.1 Å². The molecule has 7 nitrogen and oxygen atoms in total. The highest BCUT2D eigenvalue weighted by molar-refractivity contribution is 5.79. The molecule has 0 unspecified atom stereocenters. The number of hydrogen-bond acceptors (Lipinski definition) is 4. The fraction of sp³-hybridized carbons (Fsp3) is 0.111. The standard InChI is InChI=1S/C9H8N2O5/c12-8(13)4-2-6-10-5-1-3-7(9(10)14)11(15)16/h1-5H,6H2,(H,12,13)/b4-2+. The molecule has 0 bridgehead atoms. The van der Waals surface area contributed by atoms with Gasteiger partial charge in [0, 0.05) is 24.9 Å². The highest BCUT2D eigenvalue weighted by atomic mass is 16.6. The molecule has 0 aliphatic heterocycles. The van der Waals surface area contributed by atoms with Crippen molar-refractivity contribution in [2.75, 3.05) is 0 Å². The van der Waals surface area contributed by atoms with Crippen molar-refractivity contribution < 1.29 is 14.8 Å². The first-order valence-electron chi connectivity index (χ1n) is 4.25. The van der Waals surface area contributed by atoms with Crippen LogP contribution in [0.3, 0.4) is 0 Å². The minimum atomic E-state index is -1.14. The van der Waals surface area contributed by atoms with Crippen molar-refractivity contribution in [1.29, 1.82) is 0 Å². The van der Waals surface area contributed by atoms with E-state index in [9.17, 15) is 19.7 Å². The van der Waals surface area contributed by atoms with Crippen LogP contribution >= 0.6 is 0 Å². The van der Waals surface area contributed by atoms with Gasteiger partial charge in [0.2, 0.25) is 0 Å². The SMILES string of the molecule is O=C(O)/C=C/Cn1cccc([N+](=O)[O-])c1=O. The van der Waals surface area contributed by atoms with Gasteiger partial charge in [-0.05, 0) is 6.07 Å². The Morgan fingerprint density at radius 1 is 1.62 bits per heavy atom. The fourth-order valence-electron chi connectivity index (χ4n) is 1.07. The Hall–Kier alpha value is -2.44. The second kappa shape index (κ2) is 4.87. The van der Waals surface area contributed by atoms with Crippen molar-refractivity contribution in [3.8, 4) is 0 Å². The van der Waals surface area contributed by atoms with Gasteiger partial charge >= 0.3 is 17.2 Å². The van der Waals surface area contributed by atoms with Gasteiger partial charge in [-0.2, -0.15) is 0 Å². The van der Waals surface area contributed by atoms with Gasteiger partial charge in [-0.3, -0.25) is 14.9 Å².